The molecule has 2 rings (SSSR count). The summed E-state index contributed by atoms with van der Waals surface area (Å²) in [4.78, 5) is 14.6. The predicted molar refractivity (Wildman–Crippen MR) is 44.0 cm³/mol. The Labute approximate surface area is 68.9 Å². The van der Waals surface area contributed by atoms with Gasteiger partial charge in [0, 0.05) is 11.7 Å². The Bertz CT molecular complexity index is 222. The van der Waals surface area contributed by atoms with E-state index in [0.717, 1.165) is 5.04 Å². The Kier molecular flexibility index (Phi) is 1.64. The summed E-state index contributed by atoms with van der Waals surface area (Å²) < 4.78 is 0. The van der Waals surface area contributed by atoms with Crippen LogP contribution in [0.25, 0.3) is 0 Å². The Morgan fingerprint density at radius 3 is 2.82 bits per heavy atom. The third-order valence-electron chi connectivity index (χ3n) is 1.88. The van der Waals surface area contributed by atoms with E-state index in [1.54, 1.807) is 11.8 Å². The first-order chi connectivity index (χ1) is 5.27. The van der Waals surface area contributed by atoms with Crippen LogP contribution in [0.15, 0.2) is 4.99 Å². The Morgan fingerprint density at radius 2 is 2.36 bits per heavy atom. The lowest BCUT2D eigenvalue weighted by Crippen LogP contribution is -2.17. The van der Waals surface area contributed by atoms with Gasteiger partial charge in [-0.2, -0.15) is 0 Å². The van der Waals surface area contributed by atoms with Gasteiger partial charge >= 0.3 is 5.97 Å². The molecule has 1 aliphatic carbocycles. The van der Waals surface area contributed by atoms with Crippen LogP contribution in [0.4, 0.5) is 0 Å². The molecule has 0 radical (unpaired) electrons. The first-order valence-corrected chi connectivity index (χ1v) is 4.69. The second-order valence-electron chi connectivity index (χ2n) is 2.91. The van der Waals surface area contributed by atoms with Gasteiger partial charge in [0.15, 0.2) is 6.04 Å². The lowest BCUT2D eigenvalue weighted by molar-refractivity contribution is -0.137. The van der Waals surface area contributed by atoms with E-state index in [0.29, 0.717) is 11.7 Å². The minimum atomic E-state index is -0.784. The van der Waals surface area contributed by atoms with Crippen molar-refractivity contribution in [1.29, 1.82) is 0 Å². The highest BCUT2D eigenvalue weighted by molar-refractivity contribution is 8.14. The average Bonchev–Trinajstić information content (AvgIpc) is 2.68. The van der Waals surface area contributed by atoms with Gasteiger partial charge in [0.2, 0.25) is 0 Å². The number of carboxylic acid groups (broad SMARTS) is 1. The maximum Gasteiger partial charge on any atom is 0.329 e. The zero-order chi connectivity index (χ0) is 7.84. The highest BCUT2D eigenvalue weighted by Crippen LogP contribution is 2.38. The van der Waals surface area contributed by atoms with Crippen molar-refractivity contribution in [3.05, 3.63) is 0 Å². The zero-order valence-corrected chi connectivity index (χ0v) is 6.80. The highest BCUT2D eigenvalue weighted by Gasteiger charge is 2.34. The third kappa shape index (κ3) is 1.40. The van der Waals surface area contributed by atoms with Gasteiger partial charge in [-0.15, -0.1) is 11.8 Å². The van der Waals surface area contributed by atoms with Crippen molar-refractivity contribution in [2.75, 3.05) is 5.75 Å². The summed E-state index contributed by atoms with van der Waals surface area (Å²) in [6.45, 7) is 0. The van der Waals surface area contributed by atoms with Crippen molar-refractivity contribution >= 4 is 22.8 Å². The fourth-order valence-electron chi connectivity index (χ4n) is 1.07. The number of aliphatic carboxylic acids is 1. The molecule has 0 aromatic heterocycles. The molecule has 1 N–H and O–H groups in total. The normalized spacial score (nSPS) is 30.2. The van der Waals surface area contributed by atoms with Crippen LogP contribution in [0.1, 0.15) is 12.8 Å². The number of carboxylic acids is 1. The second kappa shape index (κ2) is 2.52. The van der Waals surface area contributed by atoms with E-state index in [1.807, 2.05) is 0 Å². The first-order valence-electron chi connectivity index (χ1n) is 3.70. The van der Waals surface area contributed by atoms with Crippen LogP contribution in [-0.4, -0.2) is 27.9 Å². The van der Waals surface area contributed by atoms with Crippen LogP contribution >= 0.6 is 11.8 Å². The molecule has 1 saturated carbocycles. The second-order valence-corrected chi connectivity index (χ2v) is 3.95. The van der Waals surface area contributed by atoms with Crippen molar-refractivity contribution in [3.8, 4) is 0 Å². The summed E-state index contributed by atoms with van der Waals surface area (Å²) in [5, 5.41) is 9.69. The van der Waals surface area contributed by atoms with Gasteiger partial charge in [0.05, 0.1) is 5.04 Å². The van der Waals surface area contributed by atoms with Crippen LogP contribution in [0.5, 0.6) is 0 Å². The lowest BCUT2D eigenvalue weighted by Gasteiger charge is -1.93. The van der Waals surface area contributed by atoms with Crippen molar-refractivity contribution in [1.82, 2.24) is 0 Å². The number of rotatable bonds is 2. The number of nitrogens with zero attached hydrogens (tertiary/aromatic N) is 1. The summed E-state index contributed by atoms with van der Waals surface area (Å²) in [6.07, 6.45) is 2.41. The van der Waals surface area contributed by atoms with E-state index >= 15 is 0 Å². The van der Waals surface area contributed by atoms with Gasteiger partial charge in [-0.1, -0.05) is 0 Å². The van der Waals surface area contributed by atoms with Crippen molar-refractivity contribution in [3.63, 3.8) is 0 Å². The number of hydrogen-bond acceptors (Lipinski definition) is 3. The monoisotopic (exact) mass is 171 g/mol. The standard InChI is InChI=1S/C7H9NO2S/c9-7(10)5-3-11-6(8-5)4-1-2-4/h4-5H,1-3H2,(H,9,10)/t5-/m0/s1. The summed E-state index contributed by atoms with van der Waals surface area (Å²) >= 11 is 1.62. The SMILES string of the molecule is O=C(O)[C@@H]1CSC(C2CC2)=N1. The summed E-state index contributed by atoms with van der Waals surface area (Å²) in [5.74, 6) is 0.471. The number of carbonyl (C=O) groups is 1. The van der Waals surface area contributed by atoms with Crippen LogP contribution in [0, 0.1) is 5.92 Å². The molecule has 11 heavy (non-hydrogen) atoms. The molecule has 1 atom stereocenters. The number of aliphatic imine (C=N–C) groups is 1. The van der Waals surface area contributed by atoms with E-state index in [4.69, 9.17) is 5.11 Å². The smallest absolute Gasteiger partial charge is 0.329 e. The van der Waals surface area contributed by atoms with Crippen molar-refractivity contribution < 1.29 is 9.90 Å². The van der Waals surface area contributed by atoms with Gasteiger partial charge in [0.1, 0.15) is 0 Å². The summed E-state index contributed by atoms with van der Waals surface area (Å²) in [7, 11) is 0. The molecule has 0 unspecified atom stereocenters. The maximum atomic E-state index is 10.5. The predicted octanol–water partition coefficient (Wildman–Crippen LogP) is 0.995. The molecule has 1 heterocycles. The van der Waals surface area contributed by atoms with Gasteiger partial charge in [-0.05, 0) is 12.8 Å². The quantitative estimate of drug-likeness (QED) is 0.674. The topological polar surface area (TPSA) is 49.7 Å². The molecule has 4 heteroatoms. The van der Waals surface area contributed by atoms with Gasteiger partial charge in [-0.25, -0.2) is 4.79 Å². The van der Waals surface area contributed by atoms with Crippen molar-refractivity contribution in [2.24, 2.45) is 10.9 Å². The van der Waals surface area contributed by atoms with E-state index in [2.05, 4.69) is 4.99 Å². The summed E-state index contributed by atoms with van der Waals surface area (Å²) in [6, 6.07) is -0.462. The van der Waals surface area contributed by atoms with E-state index in [1.165, 1.54) is 12.8 Å². The zero-order valence-electron chi connectivity index (χ0n) is 5.99. The van der Waals surface area contributed by atoms with E-state index < -0.39 is 12.0 Å². The fourth-order valence-corrected chi connectivity index (χ4v) is 2.29. The number of thioether (sulfide) groups is 1. The summed E-state index contributed by atoms with van der Waals surface area (Å²) in [5.41, 5.74) is 0. The molecule has 0 aromatic rings. The minimum absolute atomic E-state index is 0.462. The molecule has 2 aliphatic rings. The lowest BCUT2D eigenvalue weighted by atomic mass is 10.3. The average molecular weight is 171 g/mol. The van der Waals surface area contributed by atoms with Crippen LogP contribution in [0.3, 0.4) is 0 Å². The molecular formula is C7H9NO2S. The van der Waals surface area contributed by atoms with Gasteiger partial charge < -0.3 is 5.11 Å². The molecule has 60 valence electrons. The van der Waals surface area contributed by atoms with Crippen LogP contribution in [-0.2, 0) is 4.79 Å². The molecule has 0 saturated heterocycles. The van der Waals surface area contributed by atoms with E-state index in [-0.39, 0.29) is 0 Å². The molecule has 1 fully saturated rings. The maximum absolute atomic E-state index is 10.5. The van der Waals surface area contributed by atoms with Gasteiger partial charge in [0.25, 0.3) is 0 Å². The molecule has 0 bridgehead atoms. The molecular weight excluding hydrogens is 162 g/mol. The Hall–Kier alpha value is -0.510. The largest absolute Gasteiger partial charge is 0.480 e. The third-order valence-corrected chi connectivity index (χ3v) is 3.10. The van der Waals surface area contributed by atoms with Crippen molar-refractivity contribution in [2.45, 2.75) is 18.9 Å². The minimum Gasteiger partial charge on any atom is -0.480 e. The molecule has 1 aliphatic heterocycles. The molecule has 0 spiro atoms. The first kappa shape index (κ1) is 7.16. The molecule has 0 amide bonds. The van der Waals surface area contributed by atoms with Crippen LogP contribution in [0.2, 0.25) is 0 Å². The molecule has 0 aromatic carbocycles. The number of hydrogen-bond donors (Lipinski definition) is 1. The Balaban J connectivity index is 2.03. The molecule has 3 nitrogen and oxygen atoms in total. The highest BCUT2D eigenvalue weighted by atomic mass is 32.2. The fraction of sp³-hybridized carbons (Fsp3) is 0.714. The van der Waals surface area contributed by atoms with Gasteiger partial charge in [-0.3, -0.25) is 4.99 Å². The van der Waals surface area contributed by atoms with Crippen LogP contribution < -0.4 is 0 Å². The Morgan fingerprint density at radius 1 is 1.64 bits per heavy atom. The van der Waals surface area contributed by atoms with E-state index in [9.17, 15) is 4.79 Å².